The smallest absolute Gasteiger partial charge is 0.297 e. The molecule has 0 radical (unpaired) electrons. The number of aromatic hydroxyl groups is 1. The first-order chi connectivity index (χ1) is 7.61. The van der Waals surface area contributed by atoms with Crippen molar-refractivity contribution >= 4 is 11.0 Å². The lowest BCUT2D eigenvalue weighted by atomic mass is 10.3. The van der Waals surface area contributed by atoms with Gasteiger partial charge in [0.15, 0.2) is 5.65 Å². The highest BCUT2D eigenvalue weighted by Gasteiger charge is 2.15. The predicted octanol–water partition coefficient (Wildman–Crippen LogP) is 1.68. The van der Waals surface area contributed by atoms with Crippen LogP contribution in [0.3, 0.4) is 0 Å². The van der Waals surface area contributed by atoms with E-state index in [1.165, 1.54) is 19.4 Å². The van der Waals surface area contributed by atoms with Crippen LogP contribution in [0.1, 0.15) is 12.2 Å². The lowest BCUT2D eigenvalue weighted by Gasteiger charge is -2.04. The van der Waals surface area contributed by atoms with E-state index in [2.05, 4.69) is 15.0 Å². The molecule has 0 bridgehead atoms. The largest absolute Gasteiger partial charge is 0.495 e. The summed E-state index contributed by atoms with van der Waals surface area (Å²) in [5.41, 5.74) is 0.00333. The molecule has 2 aromatic heterocycles. The van der Waals surface area contributed by atoms with Crippen molar-refractivity contribution in [1.82, 2.24) is 15.0 Å². The van der Waals surface area contributed by atoms with Crippen LogP contribution in [0.4, 0.5) is 8.78 Å². The van der Waals surface area contributed by atoms with Crippen LogP contribution in [-0.4, -0.2) is 27.2 Å². The summed E-state index contributed by atoms with van der Waals surface area (Å²) < 4.78 is 29.5. The molecule has 0 aliphatic carbocycles. The zero-order valence-corrected chi connectivity index (χ0v) is 8.19. The summed E-state index contributed by atoms with van der Waals surface area (Å²) in [6, 6.07) is 1.42. The van der Waals surface area contributed by atoms with Gasteiger partial charge in [0, 0.05) is 0 Å². The standard InChI is InChI=1S/C9H7F2N3O2/c1-16-4-2-5-7(12-3-4)13-8(6(10)11)14-9(5)15/h2-3,6H,1H3,(H,12,13,14,15). The van der Waals surface area contributed by atoms with E-state index in [1.54, 1.807) is 0 Å². The second-order valence-electron chi connectivity index (χ2n) is 2.95. The fourth-order valence-electron chi connectivity index (χ4n) is 1.20. The zero-order chi connectivity index (χ0) is 11.7. The molecule has 0 unspecified atom stereocenters. The zero-order valence-electron chi connectivity index (χ0n) is 8.19. The van der Waals surface area contributed by atoms with E-state index < -0.39 is 18.1 Å². The third kappa shape index (κ3) is 1.71. The molecule has 5 nitrogen and oxygen atoms in total. The van der Waals surface area contributed by atoms with Crippen molar-refractivity contribution < 1.29 is 18.6 Å². The van der Waals surface area contributed by atoms with Gasteiger partial charge in [-0.15, -0.1) is 0 Å². The molecule has 84 valence electrons. The minimum absolute atomic E-state index is 0.00333. The number of hydrogen-bond acceptors (Lipinski definition) is 5. The van der Waals surface area contributed by atoms with Crippen LogP contribution >= 0.6 is 0 Å². The molecule has 0 aliphatic heterocycles. The summed E-state index contributed by atoms with van der Waals surface area (Å²) in [5.74, 6) is -0.898. The topological polar surface area (TPSA) is 68.1 Å². The van der Waals surface area contributed by atoms with Gasteiger partial charge in [-0.2, -0.15) is 4.98 Å². The molecule has 0 spiro atoms. The first-order valence-electron chi connectivity index (χ1n) is 4.30. The van der Waals surface area contributed by atoms with Gasteiger partial charge in [-0.05, 0) is 6.07 Å². The molecule has 0 aliphatic rings. The lowest BCUT2D eigenvalue weighted by molar-refractivity contribution is 0.139. The first-order valence-corrected chi connectivity index (χ1v) is 4.30. The highest BCUT2D eigenvalue weighted by atomic mass is 19.3. The second kappa shape index (κ2) is 3.84. The summed E-state index contributed by atoms with van der Waals surface area (Å²) in [7, 11) is 1.42. The number of rotatable bonds is 2. The molecule has 16 heavy (non-hydrogen) atoms. The Balaban J connectivity index is 2.66. The quantitative estimate of drug-likeness (QED) is 0.845. The van der Waals surface area contributed by atoms with Crippen LogP contribution in [0, 0.1) is 0 Å². The number of fused-ring (bicyclic) bond motifs is 1. The molecule has 0 saturated heterocycles. The van der Waals surface area contributed by atoms with Crippen molar-refractivity contribution in [3.05, 3.63) is 18.1 Å². The van der Waals surface area contributed by atoms with Crippen LogP contribution in [0.25, 0.3) is 11.0 Å². The summed E-state index contributed by atoms with van der Waals surface area (Å²) in [4.78, 5) is 10.6. The summed E-state index contributed by atoms with van der Waals surface area (Å²) in [6.45, 7) is 0. The number of pyridine rings is 1. The van der Waals surface area contributed by atoms with E-state index in [4.69, 9.17) is 4.74 Å². The van der Waals surface area contributed by atoms with Gasteiger partial charge in [-0.1, -0.05) is 0 Å². The van der Waals surface area contributed by atoms with Gasteiger partial charge >= 0.3 is 0 Å². The summed E-state index contributed by atoms with van der Waals surface area (Å²) in [6.07, 6.45) is -1.52. The van der Waals surface area contributed by atoms with Gasteiger partial charge in [0.25, 0.3) is 6.43 Å². The van der Waals surface area contributed by atoms with Crippen molar-refractivity contribution in [3.63, 3.8) is 0 Å². The van der Waals surface area contributed by atoms with Gasteiger partial charge in [0.1, 0.15) is 5.75 Å². The average Bonchev–Trinajstić information content (AvgIpc) is 2.28. The molecule has 0 aromatic carbocycles. The van der Waals surface area contributed by atoms with E-state index >= 15 is 0 Å². The average molecular weight is 227 g/mol. The van der Waals surface area contributed by atoms with Gasteiger partial charge in [0.05, 0.1) is 18.7 Å². The van der Waals surface area contributed by atoms with Crippen LogP contribution in [0.15, 0.2) is 12.3 Å². The second-order valence-corrected chi connectivity index (χ2v) is 2.95. The van der Waals surface area contributed by atoms with Gasteiger partial charge in [-0.25, -0.2) is 18.7 Å². The summed E-state index contributed by atoms with van der Waals surface area (Å²) in [5, 5.41) is 9.61. The van der Waals surface area contributed by atoms with Gasteiger partial charge < -0.3 is 9.84 Å². The minimum atomic E-state index is -2.85. The molecule has 2 heterocycles. The maximum Gasteiger partial charge on any atom is 0.297 e. The number of aromatic nitrogens is 3. The van der Waals surface area contributed by atoms with Crippen LogP contribution in [0.5, 0.6) is 11.6 Å². The van der Waals surface area contributed by atoms with Crippen LogP contribution in [0.2, 0.25) is 0 Å². The molecule has 0 saturated carbocycles. The fourth-order valence-corrected chi connectivity index (χ4v) is 1.20. The summed E-state index contributed by atoms with van der Waals surface area (Å²) >= 11 is 0. The Morgan fingerprint density at radius 3 is 2.75 bits per heavy atom. The van der Waals surface area contributed by atoms with E-state index in [0.29, 0.717) is 5.75 Å². The van der Waals surface area contributed by atoms with E-state index in [9.17, 15) is 13.9 Å². The molecule has 2 aromatic rings. The Hall–Kier alpha value is -2.05. The molecule has 1 N–H and O–H groups in total. The molecule has 7 heteroatoms. The Bertz CT molecular complexity index is 533. The minimum Gasteiger partial charge on any atom is -0.495 e. The lowest BCUT2D eigenvalue weighted by Crippen LogP contribution is -1.98. The Labute approximate surface area is 88.7 Å². The van der Waals surface area contributed by atoms with Crippen molar-refractivity contribution in [3.8, 4) is 11.6 Å². The SMILES string of the molecule is COc1cnc2nc(C(F)F)nc(O)c2c1. The highest BCUT2D eigenvalue weighted by molar-refractivity contribution is 5.80. The number of halogens is 2. The van der Waals surface area contributed by atoms with E-state index in [1.807, 2.05) is 0 Å². The molecular weight excluding hydrogens is 220 g/mol. The van der Waals surface area contributed by atoms with Crippen molar-refractivity contribution in [1.29, 1.82) is 0 Å². The van der Waals surface area contributed by atoms with Crippen LogP contribution < -0.4 is 4.74 Å². The molecule has 2 rings (SSSR count). The van der Waals surface area contributed by atoms with E-state index in [0.717, 1.165) is 0 Å². The number of ether oxygens (including phenoxy) is 1. The highest BCUT2D eigenvalue weighted by Crippen LogP contribution is 2.26. The Kier molecular flexibility index (Phi) is 2.51. The molecule has 0 atom stereocenters. The van der Waals surface area contributed by atoms with Gasteiger partial charge in [0.2, 0.25) is 11.7 Å². The van der Waals surface area contributed by atoms with E-state index in [-0.39, 0.29) is 11.0 Å². The Morgan fingerprint density at radius 2 is 2.12 bits per heavy atom. The monoisotopic (exact) mass is 227 g/mol. The number of methoxy groups -OCH3 is 1. The Morgan fingerprint density at radius 1 is 1.38 bits per heavy atom. The fraction of sp³-hybridized carbons (Fsp3) is 0.222. The third-order valence-electron chi connectivity index (χ3n) is 1.95. The van der Waals surface area contributed by atoms with Crippen LogP contribution in [-0.2, 0) is 0 Å². The van der Waals surface area contributed by atoms with Crippen molar-refractivity contribution in [2.75, 3.05) is 7.11 Å². The molecule has 0 fully saturated rings. The first kappa shape index (κ1) is 10.5. The molecular formula is C9H7F2N3O2. The maximum absolute atomic E-state index is 12.3. The third-order valence-corrected chi connectivity index (χ3v) is 1.95. The number of alkyl halides is 2. The number of nitrogens with zero attached hydrogens (tertiary/aromatic N) is 3. The number of hydrogen-bond donors (Lipinski definition) is 1. The maximum atomic E-state index is 12.3. The molecule has 0 amide bonds. The normalized spacial score (nSPS) is 11.0. The van der Waals surface area contributed by atoms with Gasteiger partial charge in [-0.3, -0.25) is 0 Å². The van der Waals surface area contributed by atoms with Crippen molar-refractivity contribution in [2.45, 2.75) is 6.43 Å². The predicted molar refractivity (Wildman–Crippen MR) is 50.5 cm³/mol. The van der Waals surface area contributed by atoms with Crippen molar-refractivity contribution in [2.24, 2.45) is 0 Å².